The molecule has 1 aromatic heterocycles. The van der Waals surface area contributed by atoms with E-state index in [1.54, 1.807) is 6.92 Å². The highest BCUT2D eigenvalue weighted by molar-refractivity contribution is 7.92. The van der Waals surface area contributed by atoms with E-state index in [1.807, 2.05) is 0 Å². The Morgan fingerprint density at radius 1 is 1.35 bits per heavy atom. The van der Waals surface area contributed by atoms with Crippen LogP contribution < -0.4 is 4.31 Å². The molecule has 0 amide bonds. The van der Waals surface area contributed by atoms with Crippen LogP contribution in [-0.4, -0.2) is 30.3 Å². The normalized spacial score (nSPS) is 11.6. The van der Waals surface area contributed by atoms with Crippen molar-refractivity contribution in [1.29, 1.82) is 0 Å². The second-order valence-corrected chi connectivity index (χ2v) is 5.83. The average molecular weight is 299 g/mol. The maximum absolute atomic E-state index is 12.9. The Morgan fingerprint density at radius 2 is 2.00 bits per heavy atom. The Bertz CT molecular complexity index is 682. The van der Waals surface area contributed by atoms with Crippen LogP contribution in [0.15, 0.2) is 35.5 Å². The molecular weight excluding hydrogens is 285 g/mol. The summed E-state index contributed by atoms with van der Waals surface area (Å²) < 4.78 is 39.1. The zero-order valence-electron chi connectivity index (χ0n) is 10.7. The van der Waals surface area contributed by atoms with Crippen LogP contribution >= 0.6 is 0 Å². The summed E-state index contributed by atoms with van der Waals surface area (Å²) >= 11 is 0. The lowest BCUT2D eigenvalue weighted by Crippen LogP contribution is -2.31. The predicted octanol–water partition coefficient (Wildman–Crippen LogP) is 1.26. The Balaban J connectivity index is 2.48. The topological polar surface area (TPSA) is 86.3 Å². The van der Waals surface area contributed by atoms with Gasteiger partial charge in [0.25, 0.3) is 10.0 Å². The fraction of sp³-hybridized carbons (Fsp3) is 0.250. The van der Waals surface area contributed by atoms with Crippen LogP contribution in [0.5, 0.6) is 0 Å². The number of hydrogen-bond acceptors (Lipinski definition) is 4. The first-order valence-corrected chi connectivity index (χ1v) is 7.36. The smallest absolute Gasteiger partial charge is 0.281 e. The van der Waals surface area contributed by atoms with Crippen LogP contribution in [-0.2, 0) is 16.6 Å². The van der Waals surface area contributed by atoms with Crippen molar-refractivity contribution in [2.45, 2.75) is 18.6 Å². The number of sulfonamides is 1. The third-order valence-corrected chi connectivity index (χ3v) is 4.72. The van der Waals surface area contributed by atoms with Crippen molar-refractivity contribution in [2.24, 2.45) is 0 Å². The first-order chi connectivity index (χ1) is 9.50. The Kier molecular flexibility index (Phi) is 4.05. The molecule has 0 saturated heterocycles. The van der Waals surface area contributed by atoms with Gasteiger partial charge in [0.05, 0.1) is 18.5 Å². The molecule has 0 spiro atoms. The highest BCUT2D eigenvalue weighted by atomic mass is 32.2. The monoisotopic (exact) mass is 299 g/mol. The summed E-state index contributed by atoms with van der Waals surface area (Å²) in [6.45, 7) is 1.39. The molecule has 0 aliphatic heterocycles. The van der Waals surface area contributed by atoms with E-state index < -0.39 is 22.4 Å². The van der Waals surface area contributed by atoms with Gasteiger partial charge in [-0.15, -0.1) is 0 Å². The molecule has 2 N–H and O–H groups in total. The van der Waals surface area contributed by atoms with Gasteiger partial charge in [0.2, 0.25) is 0 Å². The molecule has 2 rings (SSSR count). The van der Waals surface area contributed by atoms with Gasteiger partial charge < -0.3 is 5.11 Å². The van der Waals surface area contributed by atoms with E-state index in [9.17, 15) is 12.8 Å². The molecule has 0 bridgehead atoms. The Morgan fingerprint density at radius 3 is 2.55 bits per heavy atom. The van der Waals surface area contributed by atoms with Crippen LogP contribution in [0, 0.1) is 5.82 Å². The summed E-state index contributed by atoms with van der Waals surface area (Å²) in [7, 11) is -3.88. The van der Waals surface area contributed by atoms with Gasteiger partial charge in [-0.05, 0) is 31.2 Å². The number of halogens is 1. The number of benzene rings is 1. The second kappa shape index (κ2) is 5.59. The lowest BCUT2D eigenvalue weighted by atomic mass is 10.3. The molecule has 2 aromatic rings. The summed E-state index contributed by atoms with van der Waals surface area (Å²) in [5, 5.41) is 15.0. The van der Waals surface area contributed by atoms with E-state index >= 15 is 0 Å². The maximum atomic E-state index is 12.9. The third-order valence-electron chi connectivity index (χ3n) is 2.80. The number of anilines is 1. The van der Waals surface area contributed by atoms with E-state index in [2.05, 4.69) is 10.2 Å². The highest BCUT2D eigenvalue weighted by Crippen LogP contribution is 2.24. The first kappa shape index (κ1) is 14.5. The molecule has 0 radical (unpaired) electrons. The summed E-state index contributed by atoms with van der Waals surface area (Å²) in [5.74, 6) is -0.445. The molecule has 0 aliphatic carbocycles. The van der Waals surface area contributed by atoms with Crippen LogP contribution in [0.1, 0.15) is 12.5 Å². The molecule has 0 aliphatic rings. The molecule has 1 aromatic carbocycles. The SMILES string of the molecule is CCN(c1ccc(F)cc1)S(=O)(=O)c1[nH]ncc1CO. The zero-order valence-corrected chi connectivity index (χ0v) is 11.6. The largest absolute Gasteiger partial charge is 0.392 e. The predicted molar refractivity (Wildman–Crippen MR) is 71.1 cm³/mol. The van der Waals surface area contributed by atoms with E-state index in [-0.39, 0.29) is 17.1 Å². The van der Waals surface area contributed by atoms with Gasteiger partial charge in [-0.1, -0.05) is 0 Å². The number of aliphatic hydroxyl groups is 1. The van der Waals surface area contributed by atoms with E-state index in [0.29, 0.717) is 5.69 Å². The number of rotatable bonds is 5. The standard InChI is InChI=1S/C12H14FN3O3S/c1-2-16(11-5-3-10(13)4-6-11)20(18,19)12-9(8-17)7-14-15-12/h3-7,17H,2,8H2,1H3,(H,14,15). The van der Waals surface area contributed by atoms with Gasteiger partial charge in [-0.2, -0.15) is 13.5 Å². The second-order valence-electron chi connectivity index (χ2n) is 4.03. The number of hydrogen-bond donors (Lipinski definition) is 2. The van der Waals surface area contributed by atoms with Crippen molar-refractivity contribution >= 4 is 15.7 Å². The number of H-pyrrole nitrogens is 1. The van der Waals surface area contributed by atoms with E-state index in [1.165, 1.54) is 30.5 Å². The van der Waals surface area contributed by atoms with Gasteiger partial charge in [-0.3, -0.25) is 9.40 Å². The quantitative estimate of drug-likeness (QED) is 0.870. The zero-order chi connectivity index (χ0) is 14.8. The number of nitrogens with zero attached hydrogens (tertiary/aromatic N) is 2. The van der Waals surface area contributed by atoms with Crippen molar-refractivity contribution in [3.63, 3.8) is 0 Å². The third kappa shape index (κ3) is 2.52. The lowest BCUT2D eigenvalue weighted by Gasteiger charge is -2.22. The average Bonchev–Trinajstić information content (AvgIpc) is 2.90. The van der Waals surface area contributed by atoms with Crippen LogP contribution in [0.4, 0.5) is 10.1 Å². The minimum atomic E-state index is -3.88. The number of aliphatic hydroxyl groups excluding tert-OH is 1. The lowest BCUT2D eigenvalue weighted by molar-refractivity contribution is 0.278. The van der Waals surface area contributed by atoms with Gasteiger partial charge in [0, 0.05) is 12.1 Å². The van der Waals surface area contributed by atoms with E-state index in [0.717, 1.165) is 4.31 Å². The Labute approximate surface area is 115 Å². The molecule has 0 saturated carbocycles. The molecule has 6 nitrogen and oxygen atoms in total. The van der Waals surface area contributed by atoms with Gasteiger partial charge >= 0.3 is 0 Å². The summed E-state index contributed by atoms with van der Waals surface area (Å²) in [5.41, 5.74) is 0.526. The van der Waals surface area contributed by atoms with E-state index in [4.69, 9.17) is 5.11 Å². The fourth-order valence-corrected chi connectivity index (χ4v) is 3.42. The summed E-state index contributed by atoms with van der Waals surface area (Å²) in [6.07, 6.45) is 1.26. The van der Waals surface area contributed by atoms with Crippen molar-refractivity contribution < 1.29 is 17.9 Å². The van der Waals surface area contributed by atoms with Crippen LogP contribution in [0.25, 0.3) is 0 Å². The molecule has 0 unspecified atom stereocenters. The fourth-order valence-electron chi connectivity index (χ4n) is 1.84. The van der Waals surface area contributed by atoms with Gasteiger partial charge in [0.1, 0.15) is 5.82 Å². The number of nitrogens with one attached hydrogen (secondary N) is 1. The molecular formula is C12H14FN3O3S. The van der Waals surface area contributed by atoms with Crippen LogP contribution in [0.2, 0.25) is 0 Å². The van der Waals surface area contributed by atoms with Crippen molar-refractivity contribution in [3.8, 4) is 0 Å². The molecule has 1 heterocycles. The molecule has 0 fully saturated rings. The summed E-state index contributed by atoms with van der Waals surface area (Å²) in [4.78, 5) is 0. The van der Waals surface area contributed by atoms with Crippen LogP contribution in [0.3, 0.4) is 0 Å². The van der Waals surface area contributed by atoms with Crippen molar-refractivity contribution in [1.82, 2.24) is 10.2 Å². The molecule has 8 heteroatoms. The van der Waals surface area contributed by atoms with Gasteiger partial charge in [-0.25, -0.2) is 4.39 Å². The minimum Gasteiger partial charge on any atom is -0.392 e. The van der Waals surface area contributed by atoms with Crippen molar-refractivity contribution in [2.75, 3.05) is 10.8 Å². The number of aromatic amines is 1. The summed E-state index contributed by atoms with van der Waals surface area (Å²) in [6, 6.07) is 5.14. The van der Waals surface area contributed by atoms with Gasteiger partial charge in [0.15, 0.2) is 5.03 Å². The number of aromatic nitrogens is 2. The molecule has 20 heavy (non-hydrogen) atoms. The first-order valence-electron chi connectivity index (χ1n) is 5.92. The highest BCUT2D eigenvalue weighted by Gasteiger charge is 2.27. The van der Waals surface area contributed by atoms with Crippen molar-refractivity contribution in [3.05, 3.63) is 41.8 Å². The Hall–Kier alpha value is -1.93. The minimum absolute atomic E-state index is 0.161. The molecule has 108 valence electrons. The molecule has 0 atom stereocenters. The maximum Gasteiger partial charge on any atom is 0.281 e.